The van der Waals surface area contributed by atoms with Crippen molar-refractivity contribution in [3.63, 3.8) is 0 Å². The summed E-state index contributed by atoms with van der Waals surface area (Å²) in [5.41, 5.74) is 0.930. The van der Waals surface area contributed by atoms with Crippen molar-refractivity contribution in [1.29, 1.82) is 0 Å². The van der Waals surface area contributed by atoms with Crippen LogP contribution in [0.4, 0.5) is 0 Å². The second-order valence-electron chi connectivity index (χ2n) is 4.56. The fraction of sp³-hybridized carbons (Fsp3) is 0.500. The SMILES string of the molecule is CCCn1cc(S(=O)(=O)NCc2ncon2)cc1CNC. The third-order valence-corrected chi connectivity index (χ3v) is 4.29. The predicted molar refractivity (Wildman–Crippen MR) is 75.8 cm³/mol. The molecule has 0 unspecified atom stereocenters. The minimum absolute atomic E-state index is 0.000841. The van der Waals surface area contributed by atoms with E-state index in [1.54, 1.807) is 12.3 Å². The molecule has 2 heterocycles. The molecule has 0 saturated heterocycles. The lowest BCUT2D eigenvalue weighted by atomic mass is 10.4. The number of sulfonamides is 1. The Kier molecular flexibility index (Phi) is 5.10. The van der Waals surface area contributed by atoms with Crippen molar-refractivity contribution in [3.05, 3.63) is 30.2 Å². The van der Waals surface area contributed by atoms with E-state index >= 15 is 0 Å². The van der Waals surface area contributed by atoms with Gasteiger partial charge < -0.3 is 14.4 Å². The van der Waals surface area contributed by atoms with Crippen LogP contribution in [0.5, 0.6) is 0 Å². The molecule has 0 atom stereocenters. The molecule has 0 spiro atoms. The van der Waals surface area contributed by atoms with Crippen molar-refractivity contribution < 1.29 is 12.9 Å². The fourth-order valence-corrected chi connectivity index (χ4v) is 3.01. The van der Waals surface area contributed by atoms with Crippen molar-refractivity contribution in [2.45, 2.75) is 37.9 Å². The van der Waals surface area contributed by atoms with Gasteiger partial charge >= 0.3 is 0 Å². The minimum atomic E-state index is -3.59. The summed E-state index contributed by atoms with van der Waals surface area (Å²) >= 11 is 0. The first kappa shape index (κ1) is 15.7. The van der Waals surface area contributed by atoms with Gasteiger partial charge in [0.05, 0.1) is 11.4 Å². The molecule has 0 aliphatic carbocycles. The normalized spacial score (nSPS) is 11.9. The predicted octanol–water partition coefficient (Wildman–Crippen LogP) is 0.479. The van der Waals surface area contributed by atoms with Crippen LogP contribution in [-0.2, 0) is 29.7 Å². The van der Waals surface area contributed by atoms with Crippen LogP contribution in [0.1, 0.15) is 24.9 Å². The van der Waals surface area contributed by atoms with E-state index in [1.165, 1.54) is 0 Å². The Balaban J connectivity index is 2.16. The summed E-state index contributed by atoms with van der Waals surface area (Å²) in [5, 5.41) is 6.60. The molecule has 0 amide bonds. The Morgan fingerprint density at radius 2 is 2.19 bits per heavy atom. The maximum Gasteiger partial charge on any atom is 0.242 e. The van der Waals surface area contributed by atoms with Gasteiger partial charge in [0, 0.05) is 25.0 Å². The number of nitrogens with one attached hydrogen (secondary N) is 2. The van der Waals surface area contributed by atoms with Crippen LogP contribution in [0.25, 0.3) is 0 Å². The fourth-order valence-electron chi connectivity index (χ4n) is 1.96. The van der Waals surface area contributed by atoms with Gasteiger partial charge in [-0.05, 0) is 19.5 Å². The number of hydrogen-bond acceptors (Lipinski definition) is 6. The Morgan fingerprint density at radius 3 is 2.81 bits per heavy atom. The molecule has 0 aliphatic heterocycles. The van der Waals surface area contributed by atoms with E-state index in [2.05, 4.69) is 24.7 Å². The Hall–Kier alpha value is -1.71. The molecule has 116 valence electrons. The van der Waals surface area contributed by atoms with Crippen LogP contribution in [0.2, 0.25) is 0 Å². The summed E-state index contributed by atoms with van der Waals surface area (Å²) in [7, 11) is -1.77. The summed E-state index contributed by atoms with van der Waals surface area (Å²) in [6.07, 6.45) is 3.74. The smallest absolute Gasteiger partial charge is 0.242 e. The van der Waals surface area contributed by atoms with E-state index in [0.717, 1.165) is 25.1 Å². The summed E-state index contributed by atoms with van der Waals surface area (Å²) in [5.74, 6) is 0.294. The van der Waals surface area contributed by atoms with Gasteiger partial charge in [-0.25, -0.2) is 13.1 Å². The molecule has 2 aromatic rings. The van der Waals surface area contributed by atoms with E-state index in [-0.39, 0.29) is 11.4 Å². The molecule has 0 saturated carbocycles. The standard InChI is InChI=1S/C12H19N5O3S/c1-3-4-17-8-11(5-10(17)6-13-2)21(18,19)15-7-12-14-9-20-16-12/h5,8-9,13,15H,3-4,6-7H2,1-2H3. The second kappa shape index (κ2) is 6.83. The lowest BCUT2D eigenvalue weighted by molar-refractivity contribution is 0.409. The third kappa shape index (κ3) is 3.90. The summed E-state index contributed by atoms with van der Waals surface area (Å²) in [6, 6.07) is 1.67. The first-order chi connectivity index (χ1) is 10.1. The molecule has 2 rings (SSSR count). The second-order valence-corrected chi connectivity index (χ2v) is 6.33. The molecule has 2 N–H and O–H groups in total. The van der Waals surface area contributed by atoms with Crippen molar-refractivity contribution in [1.82, 2.24) is 24.7 Å². The number of aromatic nitrogens is 3. The maximum atomic E-state index is 12.3. The quantitative estimate of drug-likeness (QED) is 0.735. The molecule has 0 bridgehead atoms. The zero-order valence-corrected chi connectivity index (χ0v) is 12.9. The van der Waals surface area contributed by atoms with E-state index in [9.17, 15) is 8.42 Å². The Morgan fingerprint density at radius 1 is 1.38 bits per heavy atom. The molecule has 9 heteroatoms. The molecule has 0 aromatic carbocycles. The van der Waals surface area contributed by atoms with Gasteiger partial charge in [-0.2, -0.15) is 4.98 Å². The average molecular weight is 313 g/mol. The monoisotopic (exact) mass is 313 g/mol. The van der Waals surface area contributed by atoms with Crippen molar-refractivity contribution in [2.24, 2.45) is 0 Å². The largest absolute Gasteiger partial charge is 0.349 e. The average Bonchev–Trinajstić information content (AvgIpc) is 3.08. The minimum Gasteiger partial charge on any atom is -0.349 e. The molecule has 0 fully saturated rings. The lowest BCUT2D eigenvalue weighted by Gasteiger charge is -2.06. The van der Waals surface area contributed by atoms with Crippen molar-refractivity contribution in [3.8, 4) is 0 Å². The number of hydrogen-bond donors (Lipinski definition) is 2. The van der Waals surface area contributed by atoms with Gasteiger partial charge in [0.2, 0.25) is 16.4 Å². The van der Waals surface area contributed by atoms with E-state index in [4.69, 9.17) is 0 Å². The van der Waals surface area contributed by atoms with Crippen LogP contribution < -0.4 is 10.0 Å². The molecule has 0 radical (unpaired) electrons. The molecule has 2 aromatic heterocycles. The van der Waals surface area contributed by atoms with E-state index < -0.39 is 10.0 Å². The zero-order chi connectivity index (χ0) is 15.3. The van der Waals surface area contributed by atoms with Gasteiger partial charge in [-0.1, -0.05) is 12.1 Å². The van der Waals surface area contributed by atoms with Crippen LogP contribution in [0.15, 0.2) is 28.1 Å². The number of aryl methyl sites for hydroxylation is 1. The van der Waals surface area contributed by atoms with Crippen LogP contribution in [0.3, 0.4) is 0 Å². The van der Waals surface area contributed by atoms with E-state index in [0.29, 0.717) is 12.4 Å². The maximum absolute atomic E-state index is 12.3. The summed E-state index contributed by atoms with van der Waals surface area (Å²) < 4.78 is 33.5. The highest BCUT2D eigenvalue weighted by Crippen LogP contribution is 2.15. The highest BCUT2D eigenvalue weighted by molar-refractivity contribution is 7.89. The third-order valence-electron chi connectivity index (χ3n) is 2.92. The summed E-state index contributed by atoms with van der Waals surface area (Å²) in [6.45, 7) is 3.43. The highest BCUT2D eigenvalue weighted by atomic mass is 32.2. The van der Waals surface area contributed by atoms with Crippen LogP contribution >= 0.6 is 0 Å². The van der Waals surface area contributed by atoms with E-state index in [1.807, 2.05) is 18.5 Å². The van der Waals surface area contributed by atoms with Gasteiger partial charge in [0.1, 0.15) is 0 Å². The molecule has 21 heavy (non-hydrogen) atoms. The van der Waals surface area contributed by atoms with Gasteiger partial charge in [-0.3, -0.25) is 0 Å². The molecular weight excluding hydrogens is 294 g/mol. The van der Waals surface area contributed by atoms with Crippen molar-refractivity contribution >= 4 is 10.0 Å². The number of rotatable bonds is 8. The lowest BCUT2D eigenvalue weighted by Crippen LogP contribution is -2.23. The van der Waals surface area contributed by atoms with Gasteiger partial charge in [0.15, 0.2) is 5.82 Å². The van der Waals surface area contributed by atoms with Gasteiger partial charge in [-0.15, -0.1) is 0 Å². The Bertz CT molecular complexity index is 640. The first-order valence-electron chi connectivity index (χ1n) is 6.65. The van der Waals surface area contributed by atoms with Crippen LogP contribution in [0, 0.1) is 0 Å². The highest BCUT2D eigenvalue weighted by Gasteiger charge is 2.18. The topological polar surface area (TPSA) is 102 Å². The van der Waals surface area contributed by atoms with Crippen molar-refractivity contribution in [2.75, 3.05) is 7.05 Å². The summed E-state index contributed by atoms with van der Waals surface area (Å²) in [4.78, 5) is 4.02. The number of nitrogens with zero attached hydrogens (tertiary/aromatic N) is 3. The van der Waals surface area contributed by atoms with Crippen LogP contribution in [-0.4, -0.2) is 30.2 Å². The molecule has 8 nitrogen and oxygen atoms in total. The zero-order valence-electron chi connectivity index (χ0n) is 12.0. The molecular formula is C12H19N5O3S. The first-order valence-corrected chi connectivity index (χ1v) is 8.13. The van der Waals surface area contributed by atoms with Gasteiger partial charge in [0.25, 0.3) is 0 Å². The molecule has 0 aliphatic rings. The Labute approximate surface area is 123 Å².